The van der Waals surface area contributed by atoms with Gasteiger partial charge in [-0.1, -0.05) is 61.8 Å². The van der Waals surface area contributed by atoms with Crippen LogP contribution in [0.1, 0.15) is 193 Å². The first-order valence-electron chi connectivity index (χ1n) is 40.7. The van der Waals surface area contributed by atoms with Gasteiger partial charge in [0.1, 0.15) is 96.7 Å². The van der Waals surface area contributed by atoms with Gasteiger partial charge < -0.3 is 132 Å². The molecule has 0 aromatic rings. The van der Waals surface area contributed by atoms with Crippen molar-refractivity contribution in [2.75, 3.05) is 25.4 Å². The van der Waals surface area contributed by atoms with Gasteiger partial charge in [-0.25, -0.2) is 4.79 Å². The van der Waals surface area contributed by atoms with Crippen LogP contribution in [0, 0.1) is 23.7 Å². The molecule has 1 saturated heterocycles. The molecule has 1 aliphatic rings. The molecule has 0 unspecified atom stereocenters. The lowest BCUT2D eigenvalue weighted by atomic mass is 9.95. The number of amides is 16. The monoisotopic (exact) mass is 1770 g/mol. The van der Waals surface area contributed by atoms with Gasteiger partial charge in [0.2, 0.25) is 94.5 Å². The summed E-state index contributed by atoms with van der Waals surface area (Å²) in [5, 5.41) is 105. The van der Waals surface area contributed by atoms with E-state index in [0.29, 0.717) is 12.8 Å². The van der Waals surface area contributed by atoms with Crippen LogP contribution in [0.3, 0.4) is 0 Å². The third-order valence-corrected chi connectivity index (χ3v) is 20.0. The van der Waals surface area contributed by atoms with Crippen molar-refractivity contribution in [2.24, 2.45) is 35.1 Å². The number of carbonyl (C=O) groups excluding carboxylic acids is 16. The van der Waals surface area contributed by atoms with E-state index in [4.69, 9.17) is 11.5 Å². The van der Waals surface area contributed by atoms with Gasteiger partial charge in [0.25, 0.3) is 0 Å². The smallest absolute Gasteiger partial charge is 0.327 e. The number of rotatable bonds is 58. The average molecular weight is 1770 g/mol. The van der Waals surface area contributed by atoms with Crippen LogP contribution in [0.5, 0.6) is 0 Å². The number of hydrogen-bond donors (Lipinski definition) is 25. The summed E-state index contributed by atoms with van der Waals surface area (Å²) in [5.41, 5.74) is 11.0. The minimum Gasteiger partial charge on any atom is -0.481 e. The number of unbranched alkanes of at least 4 members (excludes halogenated alkanes) is 1. The Morgan fingerprint density at radius 2 is 0.691 bits per heavy atom. The third kappa shape index (κ3) is 39.9. The maximum Gasteiger partial charge on any atom is 0.327 e. The lowest BCUT2D eigenvalue weighted by Gasteiger charge is -2.34. The summed E-state index contributed by atoms with van der Waals surface area (Å²) in [6.45, 7) is 18.6. The van der Waals surface area contributed by atoms with E-state index in [1.165, 1.54) is 27.7 Å². The molecule has 1 aliphatic heterocycles. The van der Waals surface area contributed by atoms with Gasteiger partial charge in [-0.3, -0.25) is 95.9 Å². The van der Waals surface area contributed by atoms with Crippen molar-refractivity contribution in [1.82, 2.24) is 84.7 Å². The first-order chi connectivity index (χ1) is 57.4. The topological polar surface area (TPSA) is 736 Å². The number of nitrogens with one attached hydrogen (secondary N) is 15. The lowest BCUT2D eigenvalue weighted by molar-refractivity contribution is -0.144. The molecule has 0 aromatic carbocycles. The Balaban J connectivity index is 3.57. The maximum absolute atomic E-state index is 14.9. The molecule has 0 aromatic heterocycles. The fraction of sp³-hybridized carbons (Fsp3) is 0.724. The molecule has 26 N–H and O–H groups in total. The van der Waals surface area contributed by atoms with Gasteiger partial charge >= 0.3 is 29.8 Å². The van der Waals surface area contributed by atoms with Gasteiger partial charge in [-0.2, -0.15) is 12.6 Å². The third-order valence-electron chi connectivity index (χ3n) is 19.6. The first kappa shape index (κ1) is 110. The number of likely N-dealkylation sites (tertiary alicyclic amines) is 1. The standard InChI is InChI=1S/C76H128N18O28S/c1-14-37(8)58(91-72(117)57(36(6)7)90-68(113)47(23-27-56(104)105)86-74(119)60(42(13)96)92-69(114)48(30-34(2)3)87-63(108)40(11)80-64(109)43(18-15-16-28-77)82-61(106)38(9)79-52(97)32-78)75(120)94-29-17-19-51(94)71(116)88-49(31-35(4)5)70(115)93-59(41(12)95)73(118)85-46(22-26-55(102)103)66(111)84-44(20-24-53(98)99)65(110)81-39(10)62(107)83-45(21-25-54(100)101)67(112)89-50(33-123)76(121)122/h34-51,57-60,95-96,123H,14-33,77-78H2,1-13H3,(H,79,97)(H,80,109)(H,81,110)(H,82,106)(H,83,107)(H,84,111)(H,85,118)(H,86,119)(H,87,108)(H,88,116)(H,89,112)(H,90,113)(H,91,117)(H,92,114)(H,93,115)(H,98,99)(H,100,101)(H,102,103)(H,104,105)(H,121,122)/t37-,38-,39-,40-,41+,42+,43-,44-,45-,46-,47-,48-,49-,50-,51-,57-,58-,59-,60-/m0/s1. The van der Waals surface area contributed by atoms with E-state index in [0.717, 1.165) is 25.7 Å². The highest BCUT2D eigenvalue weighted by molar-refractivity contribution is 7.80. The molecule has 696 valence electrons. The predicted octanol–water partition coefficient (Wildman–Crippen LogP) is -6.57. The molecule has 0 spiro atoms. The van der Waals surface area contributed by atoms with Crippen LogP contribution >= 0.6 is 12.6 Å². The Morgan fingerprint density at radius 3 is 1.04 bits per heavy atom. The second-order valence-electron chi connectivity index (χ2n) is 31.5. The number of carboxylic acid groups (broad SMARTS) is 5. The van der Waals surface area contributed by atoms with Crippen LogP contribution in [-0.2, 0) is 101 Å². The quantitative estimate of drug-likeness (QED) is 0.0199. The average Bonchev–Trinajstić information content (AvgIpc) is 1.72. The van der Waals surface area contributed by atoms with Crippen LogP contribution in [0.15, 0.2) is 0 Å². The molecule has 1 fully saturated rings. The number of nitrogens with two attached hydrogens (primary N) is 2. The van der Waals surface area contributed by atoms with E-state index < -0.39 is 315 Å². The highest BCUT2D eigenvalue weighted by Gasteiger charge is 2.44. The lowest BCUT2D eigenvalue weighted by Crippen LogP contribution is -2.63. The van der Waals surface area contributed by atoms with E-state index in [2.05, 4.69) is 92.4 Å². The summed E-state index contributed by atoms with van der Waals surface area (Å²) in [5.74, 6) is -26.5. The fourth-order valence-corrected chi connectivity index (χ4v) is 12.6. The Bertz CT molecular complexity index is 3680. The van der Waals surface area contributed by atoms with Gasteiger partial charge in [-0.05, 0) is 135 Å². The fourth-order valence-electron chi connectivity index (χ4n) is 12.4. The number of aliphatic hydroxyl groups excluding tert-OH is 2. The second-order valence-corrected chi connectivity index (χ2v) is 31.8. The summed E-state index contributed by atoms with van der Waals surface area (Å²) in [6.07, 6.45) is -8.31. The van der Waals surface area contributed by atoms with Gasteiger partial charge in [0.15, 0.2) is 0 Å². The predicted molar refractivity (Wildman–Crippen MR) is 438 cm³/mol. The first-order valence-corrected chi connectivity index (χ1v) is 41.3. The normalized spacial score (nSPS) is 16.9. The number of nitrogens with zero attached hydrogens (tertiary/aromatic N) is 1. The molecule has 0 saturated carbocycles. The summed E-state index contributed by atoms with van der Waals surface area (Å²) in [6, 6.07) is -25.5. The Kier molecular flexibility index (Phi) is 49.4. The van der Waals surface area contributed by atoms with Crippen molar-refractivity contribution in [3.05, 3.63) is 0 Å². The maximum atomic E-state index is 14.9. The van der Waals surface area contributed by atoms with E-state index in [9.17, 15) is 136 Å². The van der Waals surface area contributed by atoms with Crippen molar-refractivity contribution in [2.45, 2.75) is 302 Å². The summed E-state index contributed by atoms with van der Waals surface area (Å²) in [4.78, 5) is 282. The number of aliphatic hydroxyl groups is 2. The highest BCUT2D eigenvalue weighted by Crippen LogP contribution is 2.24. The van der Waals surface area contributed by atoms with E-state index in [-0.39, 0.29) is 57.5 Å². The van der Waals surface area contributed by atoms with Crippen molar-refractivity contribution in [1.29, 1.82) is 0 Å². The summed E-state index contributed by atoms with van der Waals surface area (Å²) < 4.78 is 0. The molecule has 1 rings (SSSR count). The van der Waals surface area contributed by atoms with E-state index in [1.54, 1.807) is 41.5 Å². The van der Waals surface area contributed by atoms with E-state index in [1.807, 2.05) is 0 Å². The molecule has 46 nitrogen and oxygen atoms in total. The Morgan fingerprint density at radius 1 is 0.374 bits per heavy atom. The van der Waals surface area contributed by atoms with Gasteiger partial charge in [0.05, 0.1) is 18.8 Å². The van der Waals surface area contributed by atoms with Crippen LogP contribution in [-0.4, -0.2) is 299 Å². The molecular formula is C76H128N18O28S. The van der Waals surface area contributed by atoms with Crippen LogP contribution < -0.4 is 91.2 Å². The zero-order valence-corrected chi connectivity index (χ0v) is 72.5. The summed E-state index contributed by atoms with van der Waals surface area (Å²) in [7, 11) is 0. The SMILES string of the molecule is CC[C@H](C)[C@H](NC(=O)[C@@H](NC(=O)[C@H](CCC(=O)O)NC(=O)[C@@H](NC(=O)[C@H](CC(C)C)NC(=O)[C@H](C)NC(=O)[C@H](CCCCN)NC(=O)[C@H](C)NC(=O)CN)[C@@H](C)O)C(C)C)C(=O)N1CCC[C@H]1C(=O)N[C@@H](CC(C)C)C(=O)N[C@H](C(=O)N[C@@H](CCC(=O)O)C(=O)N[C@@H](CCC(=O)O)C(=O)N[C@@H](C)C(=O)N[C@@H](CCC(=O)O)C(=O)N[C@@H](CS)C(=O)O)[C@@H](C)O. The molecule has 123 heavy (non-hydrogen) atoms. The molecule has 16 amide bonds. The van der Waals surface area contributed by atoms with Gasteiger partial charge in [0, 0.05) is 38.0 Å². The highest BCUT2D eigenvalue weighted by atomic mass is 32.1. The minimum atomic E-state index is -2.01. The van der Waals surface area contributed by atoms with Crippen LogP contribution in [0.2, 0.25) is 0 Å². The Hall–Kier alpha value is -10.9. The number of thiol groups is 1. The van der Waals surface area contributed by atoms with Crippen molar-refractivity contribution >= 4 is 137 Å². The Labute approximate surface area is 717 Å². The van der Waals surface area contributed by atoms with Crippen molar-refractivity contribution in [3.8, 4) is 0 Å². The molecule has 47 heteroatoms. The number of carbonyl (C=O) groups is 21. The molecule has 0 bridgehead atoms. The molecule has 19 atom stereocenters. The van der Waals surface area contributed by atoms with Crippen molar-refractivity contribution in [3.63, 3.8) is 0 Å². The zero-order valence-electron chi connectivity index (χ0n) is 71.6. The number of hydrogen-bond acceptors (Lipinski definition) is 26. The molecular weight excluding hydrogens is 1650 g/mol. The number of aliphatic carboxylic acids is 5. The molecule has 1 heterocycles. The number of carboxylic acids is 5. The van der Waals surface area contributed by atoms with E-state index >= 15 is 0 Å². The second kappa shape index (κ2) is 55.2. The van der Waals surface area contributed by atoms with Crippen molar-refractivity contribution < 1.29 is 136 Å². The molecule has 0 radical (unpaired) electrons. The van der Waals surface area contributed by atoms with Crippen LogP contribution in [0.25, 0.3) is 0 Å². The summed E-state index contributed by atoms with van der Waals surface area (Å²) >= 11 is 3.86. The molecule has 0 aliphatic carbocycles. The van der Waals surface area contributed by atoms with Crippen LogP contribution in [0.4, 0.5) is 0 Å². The largest absolute Gasteiger partial charge is 0.481 e. The zero-order chi connectivity index (χ0) is 94.2. The minimum absolute atomic E-state index is 0.00131. The van der Waals surface area contributed by atoms with Gasteiger partial charge in [-0.15, -0.1) is 0 Å².